The molecule has 0 radical (unpaired) electrons. The molecule has 2 heterocycles. The Balaban J connectivity index is 2.02. The summed E-state index contributed by atoms with van der Waals surface area (Å²) in [7, 11) is 0. The molecule has 0 aliphatic heterocycles. The molecule has 0 fully saturated rings. The van der Waals surface area contributed by atoms with Gasteiger partial charge >= 0.3 is 0 Å². The van der Waals surface area contributed by atoms with E-state index in [1.54, 1.807) is 6.33 Å². The van der Waals surface area contributed by atoms with Crippen LogP contribution in [0, 0.1) is 11.6 Å². The minimum atomic E-state index is 0.598. The van der Waals surface area contributed by atoms with Crippen LogP contribution in [0.3, 0.4) is 0 Å². The predicted octanol–water partition coefficient (Wildman–Crippen LogP) is 6.73. The number of nitrogens with zero attached hydrogens (tertiary/aromatic N) is 2. The van der Waals surface area contributed by atoms with Crippen LogP contribution in [-0.4, -0.2) is 14.5 Å². The van der Waals surface area contributed by atoms with Gasteiger partial charge in [-0.15, -0.1) is 0 Å². The number of aromatic amines is 1. The van der Waals surface area contributed by atoms with Crippen LogP contribution >= 0.6 is 12.2 Å². The van der Waals surface area contributed by atoms with Gasteiger partial charge in [-0.2, -0.15) is 0 Å². The maximum Gasteiger partial charge on any atom is 0.139 e. The lowest BCUT2D eigenvalue weighted by Crippen LogP contribution is -1.99. The molecule has 5 rings (SSSR count). The van der Waals surface area contributed by atoms with Gasteiger partial charge in [0.25, 0.3) is 0 Å². The fourth-order valence-electron chi connectivity index (χ4n) is 3.91. The third-order valence-electron chi connectivity index (χ3n) is 5.14. The van der Waals surface area contributed by atoms with Gasteiger partial charge in [-0.05, 0) is 35.7 Å². The number of fused-ring (bicyclic) bond motifs is 1. The monoisotopic (exact) mass is 393 g/mol. The fourth-order valence-corrected chi connectivity index (χ4v) is 4.17. The maximum atomic E-state index is 5.70. The summed E-state index contributed by atoms with van der Waals surface area (Å²) in [6.07, 6.45) is 1.68. The minimum absolute atomic E-state index is 0.598. The third kappa shape index (κ3) is 2.98. The van der Waals surface area contributed by atoms with E-state index >= 15 is 0 Å². The average Bonchev–Trinajstić information content (AvgIpc) is 3.11. The Morgan fingerprint density at radius 1 is 0.828 bits per heavy atom. The van der Waals surface area contributed by atoms with E-state index in [-0.39, 0.29) is 0 Å². The Bertz CT molecular complexity index is 1370. The normalized spacial score (nSPS) is 11.1. The van der Waals surface area contributed by atoms with Gasteiger partial charge in [0.15, 0.2) is 0 Å². The molecule has 0 saturated heterocycles. The van der Waals surface area contributed by atoms with Crippen LogP contribution < -0.4 is 0 Å². The third-order valence-corrected chi connectivity index (χ3v) is 5.45. The number of benzene rings is 3. The zero-order valence-electron chi connectivity index (χ0n) is 16.0. The summed E-state index contributed by atoms with van der Waals surface area (Å²) in [5, 5.41) is 0.967. The molecule has 3 nitrogen and oxygen atoms in total. The summed E-state index contributed by atoms with van der Waals surface area (Å²) in [4.78, 5) is 7.76. The molecular formula is C25H19N3S. The molecule has 0 atom stereocenters. The van der Waals surface area contributed by atoms with E-state index in [4.69, 9.17) is 12.2 Å². The molecule has 0 saturated carbocycles. The molecule has 2 aromatic heterocycles. The molecule has 4 heteroatoms. The lowest BCUT2D eigenvalue weighted by atomic mass is 9.99. The highest BCUT2D eigenvalue weighted by atomic mass is 32.1. The second kappa shape index (κ2) is 7.15. The summed E-state index contributed by atoms with van der Waals surface area (Å²) in [5.41, 5.74) is 7.70. The largest absolute Gasteiger partial charge is 0.332 e. The number of hydrogen-bond acceptors (Lipinski definition) is 2. The molecule has 0 bridgehead atoms. The van der Waals surface area contributed by atoms with Crippen molar-refractivity contribution in [1.29, 1.82) is 0 Å². The van der Waals surface area contributed by atoms with Crippen LogP contribution in [0.1, 0.15) is 5.56 Å². The van der Waals surface area contributed by atoms with Crippen molar-refractivity contribution in [1.82, 2.24) is 14.5 Å². The van der Waals surface area contributed by atoms with Gasteiger partial charge in [0.2, 0.25) is 0 Å². The smallest absolute Gasteiger partial charge is 0.139 e. The highest BCUT2D eigenvalue weighted by molar-refractivity contribution is 7.71. The SMILES string of the molecule is Cc1cccc(-n2c(-c3ccccc3)c(-c3ccccc3)c3c(=S)nc[nH]c32)c1. The van der Waals surface area contributed by atoms with Crippen molar-refractivity contribution in [2.24, 2.45) is 0 Å². The van der Waals surface area contributed by atoms with E-state index in [1.807, 2.05) is 12.1 Å². The van der Waals surface area contributed by atoms with Gasteiger partial charge < -0.3 is 4.98 Å². The van der Waals surface area contributed by atoms with E-state index in [0.29, 0.717) is 4.64 Å². The highest BCUT2D eigenvalue weighted by Gasteiger charge is 2.22. The highest BCUT2D eigenvalue weighted by Crippen LogP contribution is 2.42. The Kier molecular flexibility index (Phi) is 4.34. The van der Waals surface area contributed by atoms with Gasteiger partial charge in [-0.1, -0.05) is 85.0 Å². The van der Waals surface area contributed by atoms with Crippen LogP contribution in [0.5, 0.6) is 0 Å². The first-order chi connectivity index (χ1) is 14.2. The fraction of sp³-hybridized carbons (Fsp3) is 0.0400. The molecule has 3 aromatic carbocycles. The van der Waals surface area contributed by atoms with E-state index in [0.717, 1.165) is 39.1 Å². The number of aromatic nitrogens is 3. The molecule has 1 N–H and O–H groups in total. The minimum Gasteiger partial charge on any atom is -0.332 e. The van der Waals surface area contributed by atoms with Crippen molar-refractivity contribution in [2.45, 2.75) is 6.92 Å². The molecule has 29 heavy (non-hydrogen) atoms. The molecule has 0 aliphatic carbocycles. The zero-order valence-corrected chi connectivity index (χ0v) is 16.8. The van der Waals surface area contributed by atoms with Crippen molar-refractivity contribution in [3.63, 3.8) is 0 Å². The number of nitrogens with one attached hydrogen (secondary N) is 1. The maximum absolute atomic E-state index is 5.70. The number of H-pyrrole nitrogens is 1. The van der Waals surface area contributed by atoms with Crippen molar-refractivity contribution >= 4 is 23.3 Å². The Labute approximate surface area is 174 Å². The lowest BCUT2D eigenvalue weighted by Gasteiger charge is -2.13. The van der Waals surface area contributed by atoms with Crippen LogP contribution in [-0.2, 0) is 0 Å². The molecular weight excluding hydrogens is 374 g/mol. The number of rotatable bonds is 3. The quantitative estimate of drug-likeness (QED) is 0.345. The van der Waals surface area contributed by atoms with Gasteiger partial charge in [0, 0.05) is 11.3 Å². The average molecular weight is 394 g/mol. The second-order valence-electron chi connectivity index (χ2n) is 7.06. The van der Waals surface area contributed by atoms with Crippen molar-refractivity contribution in [3.05, 3.63) is 101 Å². The summed E-state index contributed by atoms with van der Waals surface area (Å²) in [5.74, 6) is 0. The second-order valence-corrected chi connectivity index (χ2v) is 7.45. The number of hydrogen-bond donors (Lipinski definition) is 1. The first-order valence-electron chi connectivity index (χ1n) is 9.54. The summed E-state index contributed by atoms with van der Waals surface area (Å²) in [6, 6.07) is 29.4. The Hall–Kier alpha value is -3.50. The molecule has 0 aliphatic rings. The van der Waals surface area contributed by atoms with Gasteiger partial charge in [0.05, 0.1) is 17.4 Å². The first-order valence-corrected chi connectivity index (χ1v) is 9.95. The molecule has 5 aromatic rings. The standard InChI is InChI=1S/C25H19N3S/c1-17-9-8-14-20(15-17)28-23(19-12-6-3-7-13-19)21(18-10-4-2-5-11-18)22-24(28)26-16-27-25(22)29/h2-16H,1H3,(H,26,27,29). The van der Waals surface area contributed by atoms with Crippen LogP contribution in [0.25, 0.3) is 39.1 Å². The van der Waals surface area contributed by atoms with Crippen LogP contribution in [0.4, 0.5) is 0 Å². The Morgan fingerprint density at radius 3 is 2.21 bits per heavy atom. The van der Waals surface area contributed by atoms with Crippen molar-refractivity contribution < 1.29 is 0 Å². The molecule has 0 amide bonds. The zero-order chi connectivity index (χ0) is 19.8. The molecule has 0 spiro atoms. The van der Waals surface area contributed by atoms with E-state index < -0.39 is 0 Å². The Morgan fingerprint density at radius 2 is 1.52 bits per heavy atom. The first kappa shape index (κ1) is 17.6. The van der Waals surface area contributed by atoms with E-state index in [2.05, 4.69) is 94.3 Å². The van der Waals surface area contributed by atoms with E-state index in [1.165, 1.54) is 5.56 Å². The lowest BCUT2D eigenvalue weighted by molar-refractivity contribution is 1.07. The predicted molar refractivity (Wildman–Crippen MR) is 122 cm³/mol. The summed E-state index contributed by atoms with van der Waals surface area (Å²) in [6.45, 7) is 2.11. The molecule has 140 valence electrons. The molecule has 0 unspecified atom stereocenters. The van der Waals surface area contributed by atoms with Crippen LogP contribution in [0.15, 0.2) is 91.3 Å². The van der Waals surface area contributed by atoms with Gasteiger partial charge in [-0.3, -0.25) is 4.57 Å². The van der Waals surface area contributed by atoms with Gasteiger partial charge in [-0.25, -0.2) is 4.98 Å². The van der Waals surface area contributed by atoms with Crippen molar-refractivity contribution in [3.8, 4) is 28.1 Å². The summed E-state index contributed by atoms with van der Waals surface area (Å²) >= 11 is 5.70. The van der Waals surface area contributed by atoms with Crippen molar-refractivity contribution in [2.75, 3.05) is 0 Å². The summed E-state index contributed by atoms with van der Waals surface area (Å²) < 4.78 is 2.86. The topological polar surface area (TPSA) is 33.6 Å². The van der Waals surface area contributed by atoms with Crippen LogP contribution in [0.2, 0.25) is 0 Å². The van der Waals surface area contributed by atoms with Gasteiger partial charge in [0.1, 0.15) is 10.3 Å². The number of aryl methyl sites for hydroxylation is 1. The van der Waals surface area contributed by atoms with E-state index in [9.17, 15) is 0 Å².